The summed E-state index contributed by atoms with van der Waals surface area (Å²) in [7, 11) is 0. The average molecular weight is 499 g/mol. The number of aliphatic hydroxyl groups excluding tert-OH is 1. The fourth-order valence-corrected chi connectivity index (χ4v) is 3.06. The largest absolute Gasteiger partial charge is 0.395 e. The zero-order valence-corrected chi connectivity index (χ0v) is 20.9. The van der Waals surface area contributed by atoms with Gasteiger partial charge in [-0.3, -0.25) is 9.78 Å². The maximum absolute atomic E-state index is 12.8. The molecule has 0 radical (unpaired) electrons. The molecule has 0 unspecified atom stereocenters. The lowest BCUT2D eigenvalue weighted by molar-refractivity contribution is 0.0945. The number of hydrogen-bond acceptors (Lipinski definition) is 6. The van der Waals surface area contributed by atoms with E-state index in [4.69, 9.17) is 5.11 Å². The minimum Gasteiger partial charge on any atom is -0.395 e. The number of alkyl halides is 2. The van der Waals surface area contributed by atoms with Crippen molar-refractivity contribution in [1.82, 2.24) is 24.9 Å². The molecule has 3 N–H and O–H groups in total. The summed E-state index contributed by atoms with van der Waals surface area (Å²) in [5, 5.41) is 19.3. The second-order valence-electron chi connectivity index (χ2n) is 7.29. The number of rotatable bonds is 10. The Balaban J connectivity index is 0.00000222. The summed E-state index contributed by atoms with van der Waals surface area (Å²) >= 11 is 0. The number of allylic oxidation sites excluding steroid dienone is 6. The Kier molecular flexibility index (Phi) is 11.4. The Labute approximate surface area is 209 Å². The molecular formula is C26H32F2N6O2. The van der Waals surface area contributed by atoms with Crippen molar-refractivity contribution in [2.24, 2.45) is 0 Å². The van der Waals surface area contributed by atoms with Crippen LogP contribution in [0.2, 0.25) is 0 Å². The zero-order valence-electron chi connectivity index (χ0n) is 20.9. The Morgan fingerprint density at radius 1 is 1.28 bits per heavy atom. The average Bonchev–Trinajstić information content (AvgIpc) is 3.37. The van der Waals surface area contributed by atoms with Crippen LogP contribution in [0.4, 0.5) is 20.3 Å². The first-order valence-corrected chi connectivity index (χ1v) is 11.7. The van der Waals surface area contributed by atoms with Gasteiger partial charge in [-0.2, -0.15) is 0 Å². The Morgan fingerprint density at radius 2 is 2.06 bits per heavy atom. The van der Waals surface area contributed by atoms with Gasteiger partial charge in [0.25, 0.3) is 12.3 Å². The van der Waals surface area contributed by atoms with Crippen LogP contribution in [-0.4, -0.2) is 50.2 Å². The van der Waals surface area contributed by atoms with Gasteiger partial charge >= 0.3 is 0 Å². The normalized spacial score (nSPS) is 12.1. The maximum Gasteiger partial charge on any atom is 0.259 e. The molecule has 0 aromatic carbocycles. The summed E-state index contributed by atoms with van der Waals surface area (Å²) in [5.41, 5.74) is 2.06. The molecule has 0 spiro atoms. The highest BCUT2D eigenvalue weighted by molar-refractivity contribution is 6.00. The van der Waals surface area contributed by atoms with E-state index in [9.17, 15) is 13.6 Å². The number of amides is 1. The predicted octanol–water partition coefficient (Wildman–Crippen LogP) is 5.18. The molecule has 3 aromatic rings. The van der Waals surface area contributed by atoms with Gasteiger partial charge < -0.3 is 15.7 Å². The molecule has 0 aliphatic heterocycles. The Hall–Kier alpha value is -3.92. The van der Waals surface area contributed by atoms with Crippen LogP contribution in [0.1, 0.15) is 50.3 Å². The quantitative estimate of drug-likeness (QED) is 0.333. The highest BCUT2D eigenvalue weighted by atomic mass is 19.3. The van der Waals surface area contributed by atoms with Crippen molar-refractivity contribution in [3.05, 3.63) is 78.1 Å². The van der Waals surface area contributed by atoms with Gasteiger partial charge in [-0.25, -0.2) is 18.3 Å². The van der Waals surface area contributed by atoms with Crippen molar-refractivity contribution in [3.8, 4) is 0 Å². The second kappa shape index (κ2) is 14.5. The second-order valence-corrected chi connectivity index (χ2v) is 7.29. The summed E-state index contributed by atoms with van der Waals surface area (Å²) in [6.45, 7) is 7.26. The summed E-state index contributed by atoms with van der Waals surface area (Å²) in [4.78, 5) is 21.2. The molecule has 0 atom stereocenters. The number of halogens is 2. The van der Waals surface area contributed by atoms with Crippen LogP contribution < -0.4 is 10.6 Å². The molecule has 0 fully saturated rings. The van der Waals surface area contributed by atoms with Crippen LogP contribution >= 0.6 is 0 Å². The summed E-state index contributed by atoms with van der Waals surface area (Å²) in [6.07, 6.45) is 9.40. The first kappa shape index (κ1) is 28.3. The molecule has 10 heteroatoms. The molecule has 3 heterocycles. The number of anilines is 2. The van der Waals surface area contributed by atoms with Crippen molar-refractivity contribution < 1.29 is 18.7 Å². The van der Waals surface area contributed by atoms with Gasteiger partial charge in [0, 0.05) is 30.7 Å². The minimum absolute atomic E-state index is 0.0408. The SMILES string of the molecule is CC.CC/C=C(/C=C\C=C(/C)C(F)F)c1nc(Nc2ccncc2C(=O)NCCO)c2cccn2n1. The number of nitrogens with one attached hydrogen (secondary N) is 2. The lowest BCUT2D eigenvalue weighted by Crippen LogP contribution is -2.27. The number of aromatic nitrogens is 4. The van der Waals surface area contributed by atoms with E-state index in [-0.39, 0.29) is 30.2 Å². The molecule has 36 heavy (non-hydrogen) atoms. The van der Waals surface area contributed by atoms with E-state index >= 15 is 0 Å². The summed E-state index contributed by atoms with van der Waals surface area (Å²) in [6, 6.07) is 5.29. The van der Waals surface area contributed by atoms with Crippen molar-refractivity contribution >= 4 is 28.5 Å². The van der Waals surface area contributed by atoms with Crippen molar-refractivity contribution in [2.45, 2.75) is 40.5 Å². The Morgan fingerprint density at radius 3 is 2.75 bits per heavy atom. The number of pyridine rings is 1. The van der Waals surface area contributed by atoms with E-state index in [0.717, 1.165) is 0 Å². The van der Waals surface area contributed by atoms with Gasteiger partial charge in [0.2, 0.25) is 0 Å². The van der Waals surface area contributed by atoms with Crippen LogP contribution in [0.15, 0.2) is 66.7 Å². The molecule has 3 rings (SSSR count). The summed E-state index contributed by atoms with van der Waals surface area (Å²) < 4.78 is 27.2. The molecular weight excluding hydrogens is 466 g/mol. The number of fused-ring (bicyclic) bond motifs is 1. The van der Waals surface area contributed by atoms with E-state index in [1.165, 1.54) is 19.2 Å². The first-order chi connectivity index (χ1) is 17.4. The minimum atomic E-state index is -2.52. The molecule has 0 aliphatic rings. The molecule has 0 saturated carbocycles. The third-order valence-electron chi connectivity index (χ3n) is 4.77. The highest BCUT2D eigenvalue weighted by Crippen LogP contribution is 2.25. The number of aliphatic hydroxyl groups is 1. The number of carbonyl (C=O) groups is 1. The van der Waals surface area contributed by atoms with Gasteiger partial charge in [0.05, 0.1) is 17.9 Å². The van der Waals surface area contributed by atoms with E-state index in [0.29, 0.717) is 34.8 Å². The topological polar surface area (TPSA) is 104 Å². The molecule has 0 bridgehead atoms. The van der Waals surface area contributed by atoms with Gasteiger partial charge in [-0.1, -0.05) is 45.1 Å². The van der Waals surface area contributed by atoms with Gasteiger partial charge in [-0.15, -0.1) is 5.10 Å². The predicted molar refractivity (Wildman–Crippen MR) is 138 cm³/mol. The van der Waals surface area contributed by atoms with Gasteiger partial charge in [0.1, 0.15) is 5.52 Å². The summed E-state index contributed by atoms with van der Waals surface area (Å²) in [5.74, 6) is 0.445. The van der Waals surface area contributed by atoms with E-state index in [2.05, 4.69) is 25.7 Å². The van der Waals surface area contributed by atoms with Gasteiger partial charge in [0.15, 0.2) is 11.6 Å². The van der Waals surface area contributed by atoms with Crippen molar-refractivity contribution in [2.75, 3.05) is 18.5 Å². The van der Waals surface area contributed by atoms with Crippen LogP contribution in [0.5, 0.6) is 0 Å². The monoisotopic (exact) mass is 498 g/mol. The van der Waals surface area contributed by atoms with Crippen molar-refractivity contribution in [1.29, 1.82) is 0 Å². The fraction of sp³-hybridized carbons (Fsp3) is 0.308. The fourth-order valence-electron chi connectivity index (χ4n) is 3.06. The third-order valence-corrected chi connectivity index (χ3v) is 4.77. The van der Waals surface area contributed by atoms with Crippen LogP contribution in [0.3, 0.4) is 0 Å². The van der Waals surface area contributed by atoms with Crippen LogP contribution in [-0.2, 0) is 0 Å². The number of nitrogens with zero attached hydrogens (tertiary/aromatic N) is 4. The van der Waals surface area contributed by atoms with Crippen LogP contribution in [0.25, 0.3) is 11.1 Å². The molecule has 3 aromatic heterocycles. The molecule has 1 amide bonds. The van der Waals surface area contributed by atoms with Crippen LogP contribution in [0, 0.1) is 0 Å². The smallest absolute Gasteiger partial charge is 0.259 e. The van der Waals surface area contributed by atoms with Gasteiger partial charge in [-0.05, 0) is 37.1 Å². The standard InChI is InChI=1S/C24H26F2N6O2.C2H6/c1-3-6-17(8-4-7-16(2)21(25)26)22-30-23(20-9-5-13-32(20)31-22)29-19-10-11-27-15-18(19)24(34)28-12-14-33;1-2/h4-11,13,15,21,33H,3,12,14H2,1-2H3,(H,28,34)(H,27,29,30,31);1-2H3/b8-4-,16-7+,17-6-;. The molecule has 192 valence electrons. The van der Waals surface area contributed by atoms with E-state index in [1.54, 1.807) is 35.1 Å². The molecule has 0 saturated heterocycles. The molecule has 8 nitrogen and oxygen atoms in total. The number of carbonyl (C=O) groups excluding carboxylic acids is 1. The van der Waals surface area contributed by atoms with E-state index < -0.39 is 6.43 Å². The van der Waals surface area contributed by atoms with Crippen molar-refractivity contribution in [3.63, 3.8) is 0 Å². The first-order valence-electron chi connectivity index (χ1n) is 11.7. The lowest BCUT2D eigenvalue weighted by atomic mass is 10.1. The third kappa shape index (κ3) is 7.54. The lowest BCUT2D eigenvalue weighted by Gasteiger charge is -2.13. The van der Waals surface area contributed by atoms with E-state index in [1.807, 2.05) is 39.0 Å². The number of hydrogen-bond donors (Lipinski definition) is 3. The Bertz CT molecular complexity index is 1230. The molecule has 0 aliphatic carbocycles. The highest BCUT2D eigenvalue weighted by Gasteiger charge is 2.15. The maximum atomic E-state index is 12.8. The zero-order chi connectivity index (χ0) is 26.5.